The van der Waals surface area contributed by atoms with Crippen molar-refractivity contribution in [2.45, 2.75) is 56.3 Å². The monoisotopic (exact) mass is 556 g/mol. The molecule has 9 heteroatoms. The second kappa shape index (κ2) is 14.2. The molecule has 0 bridgehead atoms. The van der Waals surface area contributed by atoms with Crippen LogP contribution in [0.4, 0.5) is 0 Å². The number of nitrogens with one attached hydrogen (secondary N) is 2. The number of carboxylic acids is 1. The summed E-state index contributed by atoms with van der Waals surface area (Å²) in [5.41, 5.74) is 8.73. The third-order valence-electron chi connectivity index (χ3n) is 7.27. The number of aliphatic carboxylic acids is 1. The molecule has 3 aromatic carbocycles. The quantitative estimate of drug-likeness (QED) is 0.269. The summed E-state index contributed by atoms with van der Waals surface area (Å²) in [5, 5.41) is 15.3. The molecule has 0 radical (unpaired) electrons. The number of carbonyl (C=O) groups excluding carboxylic acids is 3. The van der Waals surface area contributed by atoms with E-state index in [2.05, 4.69) is 10.6 Å². The third kappa shape index (κ3) is 8.25. The number of rotatable bonds is 12. The molecule has 9 nitrogen and oxygen atoms in total. The van der Waals surface area contributed by atoms with Crippen molar-refractivity contribution < 1.29 is 24.3 Å². The molecule has 3 amide bonds. The van der Waals surface area contributed by atoms with Crippen LogP contribution in [0.1, 0.15) is 29.5 Å². The van der Waals surface area contributed by atoms with Gasteiger partial charge in [0, 0.05) is 19.4 Å². The molecule has 3 aromatic rings. The highest BCUT2D eigenvalue weighted by Crippen LogP contribution is 2.20. The van der Waals surface area contributed by atoms with Gasteiger partial charge in [0.05, 0.1) is 6.04 Å². The Hall–Kier alpha value is -4.50. The van der Waals surface area contributed by atoms with Crippen LogP contribution in [0.5, 0.6) is 0 Å². The van der Waals surface area contributed by atoms with E-state index in [9.17, 15) is 24.3 Å². The molecular weight excluding hydrogens is 520 g/mol. The van der Waals surface area contributed by atoms with E-state index in [0.29, 0.717) is 25.8 Å². The zero-order chi connectivity index (χ0) is 29.2. The van der Waals surface area contributed by atoms with Crippen molar-refractivity contribution in [3.63, 3.8) is 0 Å². The maximum absolute atomic E-state index is 13.7. The molecule has 0 aromatic heterocycles. The van der Waals surface area contributed by atoms with Crippen LogP contribution in [-0.4, -0.2) is 64.4 Å². The highest BCUT2D eigenvalue weighted by molar-refractivity contribution is 5.94. The molecule has 4 unspecified atom stereocenters. The van der Waals surface area contributed by atoms with Gasteiger partial charge in [0.25, 0.3) is 0 Å². The lowest BCUT2D eigenvalue weighted by Crippen LogP contribution is -2.58. The van der Waals surface area contributed by atoms with Gasteiger partial charge in [0.1, 0.15) is 18.1 Å². The number of amides is 3. The molecule has 214 valence electrons. The van der Waals surface area contributed by atoms with E-state index in [0.717, 1.165) is 16.7 Å². The Morgan fingerprint density at radius 2 is 1.20 bits per heavy atom. The fourth-order valence-corrected chi connectivity index (χ4v) is 5.11. The van der Waals surface area contributed by atoms with Gasteiger partial charge in [-0.3, -0.25) is 14.4 Å². The number of nitrogens with two attached hydrogens (primary N) is 1. The van der Waals surface area contributed by atoms with Crippen molar-refractivity contribution in [3.05, 3.63) is 108 Å². The van der Waals surface area contributed by atoms with Gasteiger partial charge in [-0.15, -0.1) is 0 Å². The van der Waals surface area contributed by atoms with Crippen LogP contribution in [0.15, 0.2) is 91.0 Å². The van der Waals surface area contributed by atoms with Crippen LogP contribution in [0.25, 0.3) is 0 Å². The largest absolute Gasteiger partial charge is 0.480 e. The van der Waals surface area contributed by atoms with E-state index in [-0.39, 0.29) is 12.8 Å². The molecule has 0 spiro atoms. The van der Waals surface area contributed by atoms with Gasteiger partial charge in [0.2, 0.25) is 17.7 Å². The summed E-state index contributed by atoms with van der Waals surface area (Å²) < 4.78 is 0. The molecular formula is C32H36N4O5. The zero-order valence-electron chi connectivity index (χ0n) is 22.8. The van der Waals surface area contributed by atoms with E-state index in [4.69, 9.17) is 5.73 Å². The molecule has 1 aliphatic rings. The van der Waals surface area contributed by atoms with Crippen molar-refractivity contribution in [2.75, 3.05) is 6.54 Å². The molecule has 0 aliphatic carbocycles. The number of likely N-dealkylation sites (tertiary alicyclic amines) is 1. The summed E-state index contributed by atoms with van der Waals surface area (Å²) in [7, 11) is 0. The Kier molecular flexibility index (Phi) is 10.2. The van der Waals surface area contributed by atoms with Crippen LogP contribution < -0.4 is 16.4 Å². The normalized spacial score (nSPS) is 16.8. The minimum atomic E-state index is -1.07. The van der Waals surface area contributed by atoms with Crippen LogP contribution in [0, 0.1) is 0 Å². The number of carboxylic acid groups (broad SMARTS) is 1. The van der Waals surface area contributed by atoms with Crippen LogP contribution >= 0.6 is 0 Å². The topological polar surface area (TPSA) is 142 Å². The van der Waals surface area contributed by atoms with Crippen molar-refractivity contribution >= 4 is 23.7 Å². The Labute approximate surface area is 239 Å². The summed E-state index contributed by atoms with van der Waals surface area (Å²) in [6, 6.07) is 24.0. The average Bonchev–Trinajstić information content (AvgIpc) is 3.48. The maximum Gasteiger partial charge on any atom is 0.326 e. The highest BCUT2D eigenvalue weighted by Gasteiger charge is 2.38. The van der Waals surface area contributed by atoms with Gasteiger partial charge in [-0.1, -0.05) is 91.0 Å². The zero-order valence-corrected chi connectivity index (χ0v) is 22.8. The van der Waals surface area contributed by atoms with E-state index in [1.54, 1.807) is 0 Å². The van der Waals surface area contributed by atoms with Crippen molar-refractivity contribution in [3.8, 4) is 0 Å². The minimum Gasteiger partial charge on any atom is -0.480 e. The molecule has 0 saturated carbocycles. The average molecular weight is 557 g/mol. The fourth-order valence-electron chi connectivity index (χ4n) is 5.11. The van der Waals surface area contributed by atoms with Gasteiger partial charge in [-0.2, -0.15) is 0 Å². The molecule has 5 N–H and O–H groups in total. The Morgan fingerprint density at radius 1 is 0.732 bits per heavy atom. The molecule has 1 saturated heterocycles. The minimum absolute atomic E-state index is 0.174. The summed E-state index contributed by atoms with van der Waals surface area (Å²) in [6.45, 7) is 0.301. The van der Waals surface area contributed by atoms with Crippen LogP contribution in [-0.2, 0) is 38.4 Å². The van der Waals surface area contributed by atoms with Gasteiger partial charge in [-0.25, -0.2) is 4.79 Å². The lowest BCUT2D eigenvalue weighted by atomic mass is 10.0. The maximum atomic E-state index is 13.7. The standard InChI is InChI=1S/C32H36N4O5/c33-25(19-22-11-4-1-5-12-22)29(37)34-26(20-23-13-6-2-7-14-23)30(38)35-27(21-24-15-8-3-9-16-24)31(39)36-18-10-17-28(36)32(40)41/h1-9,11-16,25-28H,10,17-21,33H2,(H,34,37)(H,35,38)(H,40,41). The first-order chi connectivity index (χ1) is 19.8. The van der Waals surface area contributed by atoms with Gasteiger partial charge in [-0.05, 0) is 36.0 Å². The van der Waals surface area contributed by atoms with E-state index < -0.39 is 47.9 Å². The fraction of sp³-hybridized carbons (Fsp3) is 0.312. The first-order valence-corrected chi connectivity index (χ1v) is 13.8. The molecule has 41 heavy (non-hydrogen) atoms. The summed E-state index contributed by atoms with van der Waals surface area (Å²) in [4.78, 5) is 53.7. The molecule has 4 rings (SSSR count). The van der Waals surface area contributed by atoms with E-state index >= 15 is 0 Å². The van der Waals surface area contributed by atoms with E-state index in [1.165, 1.54) is 4.90 Å². The molecule has 1 heterocycles. The third-order valence-corrected chi connectivity index (χ3v) is 7.27. The second-order valence-electron chi connectivity index (χ2n) is 10.3. The van der Waals surface area contributed by atoms with Crippen molar-refractivity contribution in [1.29, 1.82) is 0 Å². The second-order valence-corrected chi connectivity index (χ2v) is 10.3. The number of carbonyl (C=O) groups is 4. The van der Waals surface area contributed by atoms with Gasteiger partial charge >= 0.3 is 5.97 Å². The number of hydrogen-bond acceptors (Lipinski definition) is 5. The lowest BCUT2D eigenvalue weighted by molar-refractivity contribution is -0.149. The summed E-state index contributed by atoms with van der Waals surface area (Å²) in [5.74, 6) is -2.56. The van der Waals surface area contributed by atoms with Crippen molar-refractivity contribution in [1.82, 2.24) is 15.5 Å². The SMILES string of the molecule is NC(Cc1ccccc1)C(=O)NC(Cc1ccccc1)C(=O)NC(Cc1ccccc1)C(=O)N1CCCC1C(=O)O. The van der Waals surface area contributed by atoms with Crippen LogP contribution in [0.2, 0.25) is 0 Å². The van der Waals surface area contributed by atoms with E-state index in [1.807, 2.05) is 91.0 Å². The summed E-state index contributed by atoms with van der Waals surface area (Å²) in [6.07, 6.45) is 1.59. The predicted octanol–water partition coefficient (Wildman–Crippen LogP) is 2.09. The lowest BCUT2D eigenvalue weighted by Gasteiger charge is -2.29. The Balaban J connectivity index is 1.54. The molecule has 1 fully saturated rings. The van der Waals surface area contributed by atoms with Crippen LogP contribution in [0.3, 0.4) is 0 Å². The highest BCUT2D eigenvalue weighted by atomic mass is 16.4. The first-order valence-electron chi connectivity index (χ1n) is 13.8. The van der Waals surface area contributed by atoms with Gasteiger partial charge < -0.3 is 26.4 Å². The first kappa shape index (κ1) is 29.5. The number of hydrogen-bond donors (Lipinski definition) is 4. The summed E-state index contributed by atoms with van der Waals surface area (Å²) >= 11 is 0. The molecule has 1 aliphatic heterocycles. The number of nitrogens with zero attached hydrogens (tertiary/aromatic N) is 1. The predicted molar refractivity (Wildman–Crippen MR) is 155 cm³/mol. The van der Waals surface area contributed by atoms with Crippen molar-refractivity contribution in [2.24, 2.45) is 5.73 Å². The molecule has 4 atom stereocenters. The Bertz CT molecular complexity index is 1320. The number of benzene rings is 3. The Morgan fingerprint density at radius 3 is 1.71 bits per heavy atom. The van der Waals surface area contributed by atoms with Gasteiger partial charge in [0.15, 0.2) is 0 Å². The smallest absolute Gasteiger partial charge is 0.326 e.